The Morgan fingerprint density at radius 1 is 1.62 bits per heavy atom. The highest BCUT2D eigenvalue weighted by Crippen LogP contribution is 2.01. The third-order valence-electron chi connectivity index (χ3n) is 1.42. The lowest BCUT2D eigenvalue weighted by Gasteiger charge is -2.20. The molecule has 0 aromatic carbocycles. The van der Waals surface area contributed by atoms with Gasteiger partial charge in [0.25, 0.3) is 5.91 Å². The molecule has 4 nitrogen and oxygen atoms in total. The van der Waals surface area contributed by atoms with Gasteiger partial charge in [-0.2, -0.15) is 0 Å². The number of carbonyl (C=O) groups is 1. The first-order valence-corrected chi connectivity index (χ1v) is 5.79. The lowest BCUT2D eigenvalue weighted by atomic mass is 10.1. The Bertz CT molecular complexity index is 210. The van der Waals surface area contributed by atoms with Gasteiger partial charge in [0, 0.05) is 28.9 Å². The van der Waals surface area contributed by atoms with Crippen LogP contribution in [-0.4, -0.2) is 38.9 Å². The maximum absolute atomic E-state index is 11.2. The SMILES string of the molecule is CC(CS(C)=O)NC(=O)C(C)(C)O. The van der Waals surface area contributed by atoms with Gasteiger partial charge in [-0.25, -0.2) is 0 Å². The van der Waals surface area contributed by atoms with E-state index in [1.54, 1.807) is 13.2 Å². The summed E-state index contributed by atoms with van der Waals surface area (Å²) >= 11 is 0. The van der Waals surface area contributed by atoms with Crippen LogP contribution in [0.2, 0.25) is 0 Å². The first-order valence-electron chi connectivity index (χ1n) is 4.07. The van der Waals surface area contributed by atoms with E-state index in [2.05, 4.69) is 5.32 Å². The summed E-state index contributed by atoms with van der Waals surface area (Å²) in [5.74, 6) is -0.0348. The first-order chi connectivity index (χ1) is 5.73. The smallest absolute Gasteiger partial charge is 0.251 e. The second kappa shape index (κ2) is 4.72. The van der Waals surface area contributed by atoms with Crippen molar-refractivity contribution in [1.82, 2.24) is 5.32 Å². The topological polar surface area (TPSA) is 66.4 Å². The quantitative estimate of drug-likeness (QED) is 0.661. The number of hydrogen-bond donors (Lipinski definition) is 2. The molecule has 0 aromatic heterocycles. The van der Waals surface area contributed by atoms with Gasteiger partial charge in [0.2, 0.25) is 0 Å². The summed E-state index contributed by atoms with van der Waals surface area (Å²) < 4.78 is 10.8. The lowest BCUT2D eigenvalue weighted by Crippen LogP contribution is -2.47. The minimum atomic E-state index is -1.37. The van der Waals surface area contributed by atoms with Crippen LogP contribution in [0.4, 0.5) is 0 Å². The van der Waals surface area contributed by atoms with Crippen LogP contribution in [0.3, 0.4) is 0 Å². The predicted octanol–water partition coefficient (Wildman–Crippen LogP) is -0.360. The average Bonchev–Trinajstić information content (AvgIpc) is 1.82. The summed E-state index contributed by atoms with van der Waals surface area (Å²) in [5, 5.41) is 11.9. The van der Waals surface area contributed by atoms with Gasteiger partial charge in [0.1, 0.15) is 5.60 Å². The fourth-order valence-corrected chi connectivity index (χ4v) is 1.58. The molecular formula is C8H17NO3S. The molecule has 0 saturated carbocycles. The molecule has 0 aliphatic heterocycles. The maximum atomic E-state index is 11.2. The van der Waals surface area contributed by atoms with Crippen LogP contribution in [0.15, 0.2) is 0 Å². The van der Waals surface area contributed by atoms with Crippen molar-refractivity contribution in [2.75, 3.05) is 12.0 Å². The molecule has 0 aliphatic rings. The molecule has 78 valence electrons. The minimum Gasteiger partial charge on any atom is -0.381 e. The number of rotatable bonds is 4. The van der Waals surface area contributed by atoms with Crippen molar-refractivity contribution >= 4 is 16.7 Å². The molecule has 5 heteroatoms. The maximum Gasteiger partial charge on any atom is 0.251 e. The molecule has 13 heavy (non-hydrogen) atoms. The normalized spacial score (nSPS) is 16.4. The molecule has 0 radical (unpaired) electrons. The molecule has 0 aliphatic carbocycles. The zero-order chi connectivity index (χ0) is 10.6. The van der Waals surface area contributed by atoms with E-state index in [-0.39, 0.29) is 6.04 Å². The number of aliphatic hydroxyl groups is 1. The molecule has 0 saturated heterocycles. The predicted molar refractivity (Wildman–Crippen MR) is 52.8 cm³/mol. The van der Waals surface area contributed by atoms with Crippen molar-refractivity contribution in [2.45, 2.75) is 32.4 Å². The van der Waals surface area contributed by atoms with Crippen LogP contribution >= 0.6 is 0 Å². The van der Waals surface area contributed by atoms with Crippen LogP contribution in [-0.2, 0) is 15.6 Å². The third-order valence-corrected chi connectivity index (χ3v) is 2.39. The molecule has 2 N–H and O–H groups in total. The van der Waals surface area contributed by atoms with Gasteiger partial charge in [0.05, 0.1) is 0 Å². The van der Waals surface area contributed by atoms with E-state index in [1.165, 1.54) is 13.8 Å². The van der Waals surface area contributed by atoms with E-state index in [1.807, 2.05) is 0 Å². The number of nitrogens with one attached hydrogen (secondary N) is 1. The van der Waals surface area contributed by atoms with Crippen LogP contribution in [0.25, 0.3) is 0 Å². The highest BCUT2D eigenvalue weighted by atomic mass is 32.2. The summed E-state index contributed by atoms with van der Waals surface area (Å²) in [6, 6.07) is -0.176. The average molecular weight is 207 g/mol. The second-order valence-corrected chi connectivity index (χ2v) is 5.15. The van der Waals surface area contributed by atoms with Crippen LogP contribution in [0.5, 0.6) is 0 Å². The van der Waals surface area contributed by atoms with Crippen molar-refractivity contribution < 1.29 is 14.1 Å². The minimum absolute atomic E-state index is 0.176. The molecule has 2 unspecified atom stereocenters. The molecule has 0 bridgehead atoms. The number of amides is 1. The Morgan fingerprint density at radius 3 is 2.38 bits per heavy atom. The Balaban J connectivity index is 4.00. The summed E-state index contributed by atoms with van der Waals surface area (Å²) in [5.41, 5.74) is -1.37. The van der Waals surface area contributed by atoms with Gasteiger partial charge in [0.15, 0.2) is 0 Å². The number of carbonyl (C=O) groups excluding carboxylic acids is 1. The van der Waals surface area contributed by atoms with Crippen molar-refractivity contribution in [3.63, 3.8) is 0 Å². The lowest BCUT2D eigenvalue weighted by molar-refractivity contribution is -0.136. The fraction of sp³-hybridized carbons (Fsp3) is 0.875. The first kappa shape index (κ1) is 12.6. The van der Waals surface area contributed by atoms with Crippen molar-refractivity contribution in [3.8, 4) is 0 Å². The second-order valence-electron chi connectivity index (χ2n) is 3.67. The zero-order valence-corrected chi connectivity index (χ0v) is 9.27. The van der Waals surface area contributed by atoms with Gasteiger partial charge < -0.3 is 10.4 Å². The largest absolute Gasteiger partial charge is 0.381 e. The molecule has 1 amide bonds. The Labute approximate surface area is 81.2 Å². The van der Waals surface area contributed by atoms with Crippen LogP contribution in [0.1, 0.15) is 20.8 Å². The molecule has 2 atom stereocenters. The highest BCUT2D eigenvalue weighted by Gasteiger charge is 2.24. The standard InChI is InChI=1S/C8H17NO3S/c1-6(5-13(4)12)9-7(10)8(2,3)11/h6,11H,5H2,1-4H3,(H,9,10). The van der Waals surface area contributed by atoms with Crippen molar-refractivity contribution in [2.24, 2.45) is 0 Å². The molecule has 0 rings (SSSR count). The highest BCUT2D eigenvalue weighted by molar-refractivity contribution is 7.84. The van der Waals surface area contributed by atoms with Gasteiger partial charge in [-0.1, -0.05) is 0 Å². The van der Waals surface area contributed by atoms with E-state index in [9.17, 15) is 14.1 Å². The monoisotopic (exact) mass is 207 g/mol. The van der Waals surface area contributed by atoms with Gasteiger partial charge in [-0.05, 0) is 20.8 Å². The van der Waals surface area contributed by atoms with E-state index in [0.717, 1.165) is 0 Å². The van der Waals surface area contributed by atoms with E-state index in [0.29, 0.717) is 5.75 Å². The number of hydrogen-bond acceptors (Lipinski definition) is 3. The summed E-state index contributed by atoms with van der Waals surface area (Å²) in [6.45, 7) is 4.58. The Hall–Kier alpha value is -0.420. The Morgan fingerprint density at radius 2 is 2.08 bits per heavy atom. The molecular weight excluding hydrogens is 190 g/mol. The summed E-state index contributed by atoms with van der Waals surface area (Å²) in [7, 11) is -0.935. The van der Waals surface area contributed by atoms with Gasteiger partial charge in [-0.3, -0.25) is 9.00 Å². The van der Waals surface area contributed by atoms with E-state index < -0.39 is 22.3 Å². The van der Waals surface area contributed by atoms with Gasteiger partial charge >= 0.3 is 0 Å². The van der Waals surface area contributed by atoms with Crippen LogP contribution in [0, 0.1) is 0 Å². The van der Waals surface area contributed by atoms with E-state index >= 15 is 0 Å². The van der Waals surface area contributed by atoms with E-state index in [4.69, 9.17) is 0 Å². The fourth-order valence-electron chi connectivity index (χ4n) is 0.794. The summed E-state index contributed by atoms with van der Waals surface area (Å²) in [6.07, 6.45) is 1.58. The molecule has 0 aromatic rings. The third kappa shape index (κ3) is 5.76. The molecule has 0 spiro atoms. The molecule has 0 heterocycles. The summed E-state index contributed by atoms with van der Waals surface area (Å²) in [4.78, 5) is 11.2. The van der Waals surface area contributed by atoms with Gasteiger partial charge in [-0.15, -0.1) is 0 Å². The Kier molecular flexibility index (Phi) is 4.56. The zero-order valence-electron chi connectivity index (χ0n) is 8.46. The van der Waals surface area contributed by atoms with Crippen molar-refractivity contribution in [1.29, 1.82) is 0 Å². The molecule has 0 fully saturated rings. The van der Waals surface area contributed by atoms with Crippen LogP contribution < -0.4 is 5.32 Å². The van der Waals surface area contributed by atoms with Crippen molar-refractivity contribution in [3.05, 3.63) is 0 Å².